The Hall–Kier alpha value is -2.15. The van der Waals surface area contributed by atoms with Gasteiger partial charge in [-0.25, -0.2) is 9.78 Å². The fourth-order valence-electron chi connectivity index (χ4n) is 3.43. The van der Waals surface area contributed by atoms with Gasteiger partial charge in [-0.3, -0.25) is 4.90 Å². The number of nitrogens with zero attached hydrogens (tertiary/aromatic N) is 2. The number of pyridine rings is 1. The molecule has 2 saturated heterocycles. The molecule has 2 bridgehead atoms. The number of hydrogen-bond donors (Lipinski definition) is 0. The van der Waals surface area contributed by atoms with Crippen LogP contribution in [0, 0.1) is 0 Å². The lowest BCUT2D eigenvalue weighted by molar-refractivity contribution is -0.0431. The predicted molar refractivity (Wildman–Crippen MR) is 100 cm³/mol. The topological polar surface area (TPSA) is 60.9 Å². The maximum absolute atomic E-state index is 12.2. The summed E-state index contributed by atoms with van der Waals surface area (Å²) in [6.07, 6.45) is 4.40. The molecule has 0 amide bonds. The highest BCUT2D eigenvalue weighted by atomic mass is 35.5. The molecule has 142 valence electrons. The predicted octanol–water partition coefficient (Wildman–Crippen LogP) is 3.55. The molecule has 3 heterocycles. The molecule has 2 aliphatic heterocycles. The number of morpholine rings is 1. The van der Waals surface area contributed by atoms with Crippen molar-refractivity contribution in [2.75, 3.05) is 26.2 Å². The van der Waals surface area contributed by atoms with Gasteiger partial charge >= 0.3 is 5.97 Å². The minimum atomic E-state index is -0.386. The lowest BCUT2D eigenvalue weighted by atomic mass is 10.2. The molecule has 2 unspecified atom stereocenters. The number of likely N-dealkylation sites (tertiary alicyclic amines) is 1. The standard InChI is InChI=1S/C20H21ClN2O4/c21-17-3-1-2-4-18(17)27-19-8-5-14(11-22-19)20(24)25-10-9-23-12-15-6-7-16(13-23)26-15/h1-5,8,11,15-16H,6-7,9-10,12-13H2. The van der Waals surface area contributed by atoms with E-state index in [4.69, 9.17) is 25.8 Å². The summed E-state index contributed by atoms with van der Waals surface area (Å²) in [5.41, 5.74) is 0.392. The zero-order valence-electron chi connectivity index (χ0n) is 14.8. The van der Waals surface area contributed by atoms with E-state index in [1.807, 2.05) is 12.1 Å². The van der Waals surface area contributed by atoms with Gasteiger partial charge in [0.2, 0.25) is 5.88 Å². The first kappa shape index (κ1) is 18.2. The van der Waals surface area contributed by atoms with Gasteiger partial charge < -0.3 is 14.2 Å². The van der Waals surface area contributed by atoms with Gasteiger partial charge in [-0.2, -0.15) is 0 Å². The third-order valence-electron chi connectivity index (χ3n) is 4.78. The molecule has 2 atom stereocenters. The van der Waals surface area contributed by atoms with E-state index in [0.29, 0.717) is 41.0 Å². The van der Waals surface area contributed by atoms with Crippen molar-refractivity contribution in [1.82, 2.24) is 9.88 Å². The third kappa shape index (κ3) is 4.58. The molecule has 27 heavy (non-hydrogen) atoms. The quantitative estimate of drug-likeness (QED) is 0.705. The average Bonchev–Trinajstić information content (AvgIpc) is 3.02. The summed E-state index contributed by atoms with van der Waals surface area (Å²) < 4.78 is 16.8. The monoisotopic (exact) mass is 388 g/mol. The summed E-state index contributed by atoms with van der Waals surface area (Å²) in [7, 11) is 0. The lowest BCUT2D eigenvalue weighted by Crippen LogP contribution is -2.44. The van der Waals surface area contributed by atoms with Crippen molar-refractivity contribution in [3.63, 3.8) is 0 Å². The Morgan fingerprint density at radius 1 is 1.19 bits per heavy atom. The number of hydrogen-bond acceptors (Lipinski definition) is 6. The molecule has 7 heteroatoms. The van der Waals surface area contributed by atoms with Crippen LogP contribution in [-0.2, 0) is 9.47 Å². The van der Waals surface area contributed by atoms with E-state index < -0.39 is 0 Å². The van der Waals surface area contributed by atoms with E-state index in [-0.39, 0.29) is 5.97 Å². The average molecular weight is 389 g/mol. The number of carbonyl (C=O) groups excluding carboxylic acids is 1. The van der Waals surface area contributed by atoms with Crippen LogP contribution in [0.4, 0.5) is 0 Å². The number of esters is 1. The molecule has 0 aliphatic carbocycles. The van der Waals surface area contributed by atoms with Gasteiger partial charge in [-0.15, -0.1) is 0 Å². The number of carbonyl (C=O) groups is 1. The van der Waals surface area contributed by atoms with Gasteiger partial charge in [0, 0.05) is 31.9 Å². The fourth-order valence-corrected chi connectivity index (χ4v) is 3.61. The summed E-state index contributed by atoms with van der Waals surface area (Å²) in [5.74, 6) is 0.493. The van der Waals surface area contributed by atoms with E-state index in [0.717, 1.165) is 32.5 Å². The smallest absolute Gasteiger partial charge is 0.339 e. The number of fused-ring (bicyclic) bond motifs is 2. The van der Waals surface area contributed by atoms with Crippen LogP contribution in [0.5, 0.6) is 11.6 Å². The molecule has 6 nitrogen and oxygen atoms in total. The van der Waals surface area contributed by atoms with Crippen molar-refractivity contribution in [2.45, 2.75) is 25.0 Å². The minimum Gasteiger partial charge on any atom is -0.461 e. The van der Waals surface area contributed by atoms with Crippen LogP contribution in [-0.4, -0.2) is 54.3 Å². The number of para-hydroxylation sites is 1. The fraction of sp³-hybridized carbons (Fsp3) is 0.400. The van der Waals surface area contributed by atoms with Crippen LogP contribution < -0.4 is 4.74 Å². The Bertz CT molecular complexity index is 787. The summed E-state index contributed by atoms with van der Waals surface area (Å²) in [5, 5.41) is 0.499. The van der Waals surface area contributed by atoms with Crippen LogP contribution in [0.2, 0.25) is 5.02 Å². The lowest BCUT2D eigenvalue weighted by Gasteiger charge is -2.31. The minimum absolute atomic E-state index is 0.342. The van der Waals surface area contributed by atoms with Crippen molar-refractivity contribution >= 4 is 17.6 Å². The molecular formula is C20H21ClN2O4. The van der Waals surface area contributed by atoms with E-state index in [1.165, 1.54) is 6.20 Å². The first-order valence-corrected chi connectivity index (χ1v) is 9.48. The molecule has 0 spiro atoms. The molecule has 2 fully saturated rings. The largest absolute Gasteiger partial charge is 0.461 e. The second-order valence-electron chi connectivity index (χ2n) is 6.77. The van der Waals surface area contributed by atoms with Crippen molar-refractivity contribution in [3.05, 3.63) is 53.2 Å². The molecule has 1 aromatic heterocycles. The highest BCUT2D eigenvalue weighted by Gasteiger charge is 2.33. The Balaban J connectivity index is 1.26. The van der Waals surface area contributed by atoms with Gasteiger partial charge in [0.25, 0.3) is 0 Å². The highest BCUT2D eigenvalue weighted by molar-refractivity contribution is 6.32. The molecule has 2 aromatic rings. The molecule has 0 saturated carbocycles. The SMILES string of the molecule is O=C(OCCN1CC2CCC(C1)O2)c1ccc(Oc2ccccc2Cl)nc1. The second kappa shape index (κ2) is 8.25. The number of rotatable bonds is 6. The molecule has 2 aliphatic rings. The van der Waals surface area contributed by atoms with E-state index in [2.05, 4.69) is 9.88 Å². The number of ether oxygens (including phenoxy) is 3. The summed E-state index contributed by atoms with van der Waals surface area (Å²) in [6.45, 7) is 2.92. The van der Waals surface area contributed by atoms with E-state index in [1.54, 1.807) is 24.3 Å². The Kier molecular flexibility index (Phi) is 5.57. The van der Waals surface area contributed by atoms with Crippen LogP contribution >= 0.6 is 11.6 Å². The van der Waals surface area contributed by atoms with E-state index >= 15 is 0 Å². The number of aromatic nitrogens is 1. The number of halogens is 1. The number of benzene rings is 1. The molecule has 0 N–H and O–H groups in total. The maximum Gasteiger partial charge on any atom is 0.339 e. The van der Waals surface area contributed by atoms with Crippen LogP contribution in [0.25, 0.3) is 0 Å². The van der Waals surface area contributed by atoms with Crippen molar-refractivity contribution in [3.8, 4) is 11.6 Å². The van der Waals surface area contributed by atoms with Crippen LogP contribution in [0.1, 0.15) is 23.2 Å². The molecule has 4 rings (SSSR count). The van der Waals surface area contributed by atoms with Gasteiger partial charge in [0.15, 0.2) is 0 Å². The zero-order valence-corrected chi connectivity index (χ0v) is 15.6. The molecular weight excluding hydrogens is 368 g/mol. The maximum atomic E-state index is 12.2. The summed E-state index contributed by atoms with van der Waals surface area (Å²) >= 11 is 6.06. The molecule has 0 radical (unpaired) electrons. The van der Waals surface area contributed by atoms with Gasteiger partial charge in [-0.1, -0.05) is 23.7 Å². The van der Waals surface area contributed by atoms with Crippen molar-refractivity contribution < 1.29 is 19.0 Å². The van der Waals surface area contributed by atoms with Gasteiger partial charge in [0.05, 0.1) is 22.8 Å². The van der Waals surface area contributed by atoms with Crippen molar-refractivity contribution in [1.29, 1.82) is 0 Å². The second-order valence-corrected chi connectivity index (χ2v) is 7.18. The Morgan fingerprint density at radius 3 is 2.67 bits per heavy atom. The summed E-state index contributed by atoms with van der Waals surface area (Å²) in [4.78, 5) is 18.6. The Morgan fingerprint density at radius 2 is 1.96 bits per heavy atom. The van der Waals surface area contributed by atoms with E-state index in [9.17, 15) is 4.79 Å². The highest BCUT2D eigenvalue weighted by Crippen LogP contribution is 2.28. The first-order valence-electron chi connectivity index (χ1n) is 9.11. The normalized spacial score (nSPS) is 21.8. The van der Waals surface area contributed by atoms with Crippen LogP contribution in [0.3, 0.4) is 0 Å². The Labute approximate surface area is 163 Å². The summed E-state index contributed by atoms with van der Waals surface area (Å²) in [6, 6.07) is 10.4. The third-order valence-corrected chi connectivity index (χ3v) is 5.10. The van der Waals surface area contributed by atoms with Crippen LogP contribution in [0.15, 0.2) is 42.6 Å². The van der Waals surface area contributed by atoms with Gasteiger partial charge in [-0.05, 0) is 31.0 Å². The first-order chi connectivity index (χ1) is 13.2. The zero-order chi connectivity index (χ0) is 18.6. The van der Waals surface area contributed by atoms with Crippen molar-refractivity contribution in [2.24, 2.45) is 0 Å². The molecule has 1 aromatic carbocycles. The van der Waals surface area contributed by atoms with Gasteiger partial charge in [0.1, 0.15) is 12.4 Å².